The van der Waals surface area contributed by atoms with Crippen LogP contribution >= 0.6 is 11.6 Å². The van der Waals surface area contributed by atoms with Gasteiger partial charge in [-0.15, -0.1) is 0 Å². The van der Waals surface area contributed by atoms with E-state index in [0.29, 0.717) is 11.6 Å². The Bertz CT molecular complexity index is 708. The number of halogens is 1. The summed E-state index contributed by atoms with van der Waals surface area (Å²) in [5.41, 5.74) is 3.00. The van der Waals surface area contributed by atoms with E-state index in [2.05, 4.69) is 18.2 Å². The van der Waals surface area contributed by atoms with Gasteiger partial charge < -0.3 is 4.90 Å². The molecule has 0 unspecified atom stereocenters. The van der Waals surface area contributed by atoms with Gasteiger partial charge in [0.1, 0.15) is 0 Å². The van der Waals surface area contributed by atoms with Crippen molar-refractivity contribution in [3.63, 3.8) is 0 Å². The van der Waals surface area contributed by atoms with Gasteiger partial charge in [-0.1, -0.05) is 48.0 Å². The second-order valence-electron chi connectivity index (χ2n) is 6.38. The van der Waals surface area contributed by atoms with Crippen molar-refractivity contribution in [2.75, 3.05) is 6.54 Å². The topological polar surface area (TPSA) is 20.3 Å². The molecule has 0 radical (unpaired) electrons. The Hall–Kier alpha value is -1.80. The van der Waals surface area contributed by atoms with E-state index in [4.69, 9.17) is 11.6 Å². The lowest BCUT2D eigenvalue weighted by atomic mass is 9.82. The maximum Gasteiger partial charge on any atom is 0.232 e. The molecule has 0 bridgehead atoms. The van der Waals surface area contributed by atoms with E-state index in [1.165, 1.54) is 11.1 Å². The summed E-state index contributed by atoms with van der Waals surface area (Å²) in [6.07, 6.45) is 0.924. The van der Waals surface area contributed by atoms with Crippen molar-refractivity contribution in [3.8, 4) is 0 Å². The van der Waals surface area contributed by atoms with Crippen LogP contribution < -0.4 is 0 Å². The Labute approximate surface area is 136 Å². The molecular formula is C19H20ClNO. The van der Waals surface area contributed by atoms with Gasteiger partial charge in [-0.3, -0.25) is 4.79 Å². The first-order valence-corrected chi connectivity index (χ1v) is 7.98. The van der Waals surface area contributed by atoms with E-state index in [0.717, 1.165) is 18.5 Å². The molecule has 2 aromatic rings. The van der Waals surface area contributed by atoms with E-state index in [1.807, 2.05) is 49.1 Å². The molecule has 2 nitrogen and oxygen atoms in total. The van der Waals surface area contributed by atoms with Gasteiger partial charge in [-0.2, -0.15) is 0 Å². The van der Waals surface area contributed by atoms with Gasteiger partial charge in [-0.25, -0.2) is 0 Å². The van der Waals surface area contributed by atoms with Crippen LogP contribution in [-0.2, 0) is 23.2 Å². The van der Waals surface area contributed by atoms with E-state index >= 15 is 0 Å². The molecule has 0 saturated carbocycles. The highest BCUT2D eigenvalue weighted by molar-refractivity contribution is 6.30. The van der Waals surface area contributed by atoms with Crippen LogP contribution in [0.1, 0.15) is 30.5 Å². The minimum Gasteiger partial charge on any atom is -0.337 e. The Morgan fingerprint density at radius 2 is 1.82 bits per heavy atom. The van der Waals surface area contributed by atoms with Crippen LogP contribution in [0, 0.1) is 0 Å². The van der Waals surface area contributed by atoms with Crippen molar-refractivity contribution in [1.82, 2.24) is 4.90 Å². The summed E-state index contributed by atoms with van der Waals surface area (Å²) in [5.74, 6) is 0.157. The minimum absolute atomic E-state index is 0.157. The number of hydrogen-bond donors (Lipinski definition) is 0. The second-order valence-corrected chi connectivity index (χ2v) is 6.82. The number of amides is 1. The summed E-state index contributed by atoms with van der Waals surface area (Å²) in [5, 5.41) is 0.669. The zero-order valence-corrected chi connectivity index (χ0v) is 13.7. The number of carbonyl (C=O) groups excluding carboxylic acids is 1. The Kier molecular flexibility index (Phi) is 3.96. The Morgan fingerprint density at radius 3 is 2.55 bits per heavy atom. The summed E-state index contributed by atoms with van der Waals surface area (Å²) in [6.45, 7) is 5.42. The first-order chi connectivity index (χ1) is 10.5. The molecule has 1 heterocycles. The molecule has 3 heteroatoms. The van der Waals surface area contributed by atoms with Gasteiger partial charge >= 0.3 is 0 Å². The molecule has 114 valence electrons. The number of nitrogens with zero attached hydrogens (tertiary/aromatic N) is 1. The van der Waals surface area contributed by atoms with Crippen molar-refractivity contribution in [2.45, 2.75) is 32.2 Å². The summed E-state index contributed by atoms with van der Waals surface area (Å²) < 4.78 is 0. The van der Waals surface area contributed by atoms with E-state index in [-0.39, 0.29) is 5.91 Å². The molecule has 2 aromatic carbocycles. The largest absolute Gasteiger partial charge is 0.337 e. The summed E-state index contributed by atoms with van der Waals surface area (Å²) in [7, 11) is 0. The lowest BCUT2D eigenvalue weighted by molar-refractivity contribution is -0.137. The molecule has 0 aromatic heterocycles. The van der Waals surface area contributed by atoms with Gasteiger partial charge in [0.15, 0.2) is 0 Å². The van der Waals surface area contributed by atoms with Crippen LogP contribution in [0.15, 0.2) is 48.5 Å². The highest BCUT2D eigenvalue weighted by Crippen LogP contribution is 2.30. The average molecular weight is 314 g/mol. The minimum atomic E-state index is -0.572. The first-order valence-electron chi connectivity index (χ1n) is 7.60. The fourth-order valence-electron chi connectivity index (χ4n) is 3.07. The number of fused-ring (bicyclic) bond motifs is 1. The smallest absolute Gasteiger partial charge is 0.232 e. The third kappa shape index (κ3) is 2.76. The van der Waals surface area contributed by atoms with Crippen molar-refractivity contribution in [1.29, 1.82) is 0 Å². The van der Waals surface area contributed by atoms with Crippen LogP contribution in [0.2, 0.25) is 5.02 Å². The summed E-state index contributed by atoms with van der Waals surface area (Å²) in [6, 6.07) is 16.0. The molecule has 0 N–H and O–H groups in total. The normalized spacial score (nSPS) is 14.6. The Balaban J connectivity index is 1.85. The molecule has 3 rings (SSSR count). The van der Waals surface area contributed by atoms with Crippen molar-refractivity contribution < 1.29 is 4.79 Å². The predicted molar refractivity (Wildman–Crippen MR) is 90.0 cm³/mol. The average Bonchev–Trinajstić information content (AvgIpc) is 2.53. The quantitative estimate of drug-likeness (QED) is 0.813. The lowest BCUT2D eigenvalue weighted by Crippen LogP contribution is -2.45. The third-order valence-corrected chi connectivity index (χ3v) is 4.73. The number of rotatable bonds is 2. The van der Waals surface area contributed by atoms with Crippen molar-refractivity contribution in [3.05, 3.63) is 70.2 Å². The van der Waals surface area contributed by atoms with Crippen LogP contribution in [0.4, 0.5) is 0 Å². The van der Waals surface area contributed by atoms with Gasteiger partial charge in [-0.05, 0) is 49.1 Å². The van der Waals surface area contributed by atoms with Gasteiger partial charge in [0.2, 0.25) is 5.91 Å². The molecule has 0 atom stereocenters. The summed E-state index contributed by atoms with van der Waals surface area (Å²) in [4.78, 5) is 15.0. The van der Waals surface area contributed by atoms with Crippen molar-refractivity contribution >= 4 is 17.5 Å². The lowest BCUT2D eigenvalue weighted by Gasteiger charge is -2.35. The highest BCUT2D eigenvalue weighted by atomic mass is 35.5. The maximum atomic E-state index is 13.0. The fourth-order valence-corrected chi connectivity index (χ4v) is 3.26. The molecule has 0 saturated heterocycles. The van der Waals surface area contributed by atoms with E-state index in [9.17, 15) is 4.79 Å². The molecular weight excluding hydrogens is 294 g/mol. The molecule has 1 aliphatic heterocycles. The highest BCUT2D eigenvalue weighted by Gasteiger charge is 2.35. The SMILES string of the molecule is CC(C)(C(=O)N1CCc2ccccc2C1)c1cccc(Cl)c1. The van der Waals surface area contributed by atoms with Crippen LogP contribution in [-0.4, -0.2) is 17.4 Å². The first kappa shape index (κ1) is 15.1. The molecule has 0 aliphatic carbocycles. The number of benzene rings is 2. The number of carbonyl (C=O) groups is 1. The number of hydrogen-bond acceptors (Lipinski definition) is 1. The van der Waals surface area contributed by atoms with Crippen LogP contribution in [0.25, 0.3) is 0 Å². The van der Waals surface area contributed by atoms with Crippen LogP contribution in [0.5, 0.6) is 0 Å². The van der Waals surface area contributed by atoms with Crippen molar-refractivity contribution in [2.24, 2.45) is 0 Å². The zero-order valence-electron chi connectivity index (χ0n) is 13.0. The predicted octanol–water partition coefficient (Wildman–Crippen LogP) is 4.20. The molecule has 1 amide bonds. The van der Waals surface area contributed by atoms with E-state index < -0.39 is 5.41 Å². The zero-order chi connectivity index (χ0) is 15.7. The van der Waals surface area contributed by atoms with Gasteiger partial charge in [0.25, 0.3) is 0 Å². The monoisotopic (exact) mass is 313 g/mol. The molecule has 22 heavy (non-hydrogen) atoms. The standard InChI is InChI=1S/C19H20ClNO/c1-19(2,16-8-5-9-17(20)12-16)18(22)21-11-10-14-6-3-4-7-15(14)13-21/h3-9,12H,10-11,13H2,1-2H3. The second kappa shape index (κ2) is 5.77. The molecule has 0 spiro atoms. The fraction of sp³-hybridized carbons (Fsp3) is 0.316. The van der Waals surface area contributed by atoms with Gasteiger partial charge in [0, 0.05) is 18.1 Å². The van der Waals surface area contributed by atoms with Gasteiger partial charge in [0.05, 0.1) is 5.41 Å². The summed E-state index contributed by atoms with van der Waals surface area (Å²) >= 11 is 6.08. The third-order valence-electron chi connectivity index (χ3n) is 4.50. The van der Waals surface area contributed by atoms with E-state index in [1.54, 1.807) is 0 Å². The Morgan fingerprint density at radius 1 is 1.09 bits per heavy atom. The molecule has 0 fully saturated rings. The maximum absolute atomic E-state index is 13.0. The van der Waals surface area contributed by atoms with Crippen LogP contribution in [0.3, 0.4) is 0 Å². The molecule has 1 aliphatic rings.